The molecule has 0 saturated heterocycles. The number of thiophene rings is 1. The molecule has 0 aliphatic carbocycles. The summed E-state index contributed by atoms with van der Waals surface area (Å²) in [4.78, 5) is 57.2. The molecule has 0 atom stereocenters. The number of nitrogens with zero attached hydrogens (tertiary/aromatic N) is 1. The molecule has 10 heteroatoms. The minimum Gasteiger partial charge on any atom is -0.465 e. The first-order valence-electron chi connectivity index (χ1n) is 12.1. The van der Waals surface area contributed by atoms with Gasteiger partial charge in [0.2, 0.25) is 5.91 Å². The van der Waals surface area contributed by atoms with Gasteiger partial charge in [0.15, 0.2) is 5.78 Å². The van der Waals surface area contributed by atoms with Crippen molar-refractivity contribution in [2.24, 2.45) is 0 Å². The zero-order valence-electron chi connectivity index (χ0n) is 20.9. The van der Waals surface area contributed by atoms with Gasteiger partial charge in [-0.2, -0.15) is 0 Å². The molecular formula is C28H26ClN3O5S. The molecule has 2 aromatic heterocycles. The number of carbonyl (C=O) groups is 4. The summed E-state index contributed by atoms with van der Waals surface area (Å²) in [5.74, 6) is -2.05. The molecule has 0 bridgehead atoms. The van der Waals surface area contributed by atoms with Gasteiger partial charge in [-0.05, 0) is 43.7 Å². The third kappa shape index (κ3) is 5.95. The Kier molecular flexibility index (Phi) is 8.60. The van der Waals surface area contributed by atoms with Gasteiger partial charge in [0.05, 0.1) is 23.7 Å². The van der Waals surface area contributed by atoms with E-state index in [2.05, 4.69) is 10.3 Å². The van der Waals surface area contributed by atoms with Crippen LogP contribution < -0.4 is 10.2 Å². The Morgan fingerprint density at radius 3 is 2.45 bits per heavy atom. The first kappa shape index (κ1) is 27.1. The molecule has 4 aromatic rings. The van der Waals surface area contributed by atoms with Crippen LogP contribution in [0, 0.1) is 0 Å². The summed E-state index contributed by atoms with van der Waals surface area (Å²) in [5.41, 5.74) is 1.63. The fraction of sp³-hybridized carbons (Fsp3) is 0.214. The quantitative estimate of drug-likeness (QED) is 0.213. The number of aryl methyl sites for hydroxylation is 1. The van der Waals surface area contributed by atoms with Gasteiger partial charge in [-0.1, -0.05) is 48.9 Å². The van der Waals surface area contributed by atoms with Crippen LogP contribution in [0.5, 0.6) is 0 Å². The molecule has 38 heavy (non-hydrogen) atoms. The molecule has 0 aliphatic heterocycles. The Bertz CT molecular complexity index is 1480. The summed E-state index contributed by atoms with van der Waals surface area (Å²) in [6, 6.07) is 17.5. The highest BCUT2D eigenvalue weighted by Gasteiger charge is 2.29. The van der Waals surface area contributed by atoms with E-state index in [9.17, 15) is 19.2 Å². The molecule has 2 amide bonds. The lowest BCUT2D eigenvalue weighted by Gasteiger charge is -2.22. The van der Waals surface area contributed by atoms with Crippen molar-refractivity contribution in [3.05, 3.63) is 87.4 Å². The number of hydrogen-bond acceptors (Lipinski definition) is 6. The summed E-state index contributed by atoms with van der Waals surface area (Å²) in [5, 5.41) is 4.05. The van der Waals surface area contributed by atoms with Crippen LogP contribution in [0.2, 0.25) is 5.02 Å². The number of ether oxygens (including phenoxy) is 1. The van der Waals surface area contributed by atoms with Crippen molar-refractivity contribution < 1.29 is 23.9 Å². The van der Waals surface area contributed by atoms with Crippen molar-refractivity contribution >= 4 is 62.4 Å². The van der Waals surface area contributed by atoms with Gasteiger partial charge in [0, 0.05) is 21.3 Å². The van der Waals surface area contributed by atoms with Gasteiger partial charge < -0.3 is 15.0 Å². The van der Waals surface area contributed by atoms with Crippen molar-refractivity contribution in [2.45, 2.75) is 20.3 Å². The van der Waals surface area contributed by atoms with Crippen molar-refractivity contribution in [2.75, 3.05) is 24.6 Å². The normalized spacial score (nSPS) is 10.8. The van der Waals surface area contributed by atoms with Gasteiger partial charge in [-0.3, -0.25) is 24.1 Å². The molecule has 2 aromatic carbocycles. The summed E-state index contributed by atoms with van der Waals surface area (Å²) in [6.07, 6.45) is 0.617. The number of nitrogens with one attached hydrogen (secondary N) is 2. The minimum atomic E-state index is -0.634. The van der Waals surface area contributed by atoms with Crippen LogP contribution >= 0.6 is 22.9 Å². The zero-order chi connectivity index (χ0) is 27.2. The fourth-order valence-corrected chi connectivity index (χ4v) is 5.24. The number of halogens is 1. The standard InChI is InChI=1S/C28H26ClN3O5S/c1-3-18-14-20(26(35)19-10-6-7-11-21(19)29)28(38-18)32(16-25(34)37-4-2)24(33)15-30-27(36)23-13-17-9-5-8-12-22(17)31-23/h5-14,31H,3-4,15-16H2,1-2H3,(H,30,36). The van der Waals surface area contributed by atoms with Crippen molar-refractivity contribution in [1.82, 2.24) is 10.3 Å². The second kappa shape index (κ2) is 12.1. The Labute approximate surface area is 228 Å². The molecule has 0 aliphatic rings. The van der Waals surface area contributed by atoms with E-state index in [-0.39, 0.29) is 28.5 Å². The number of amides is 2. The predicted octanol–water partition coefficient (Wildman–Crippen LogP) is 5.00. The third-order valence-corrected chi connectivity index (χ3v) is 7.42. The number of ketones is 1. The van der Waals surface area contributed by atoms with Crippen LogP contribution in [0.15, 0.2) is 60.7 Å². The van der Waals surface area contributed by atoms with Crippen molar-refractivity contribution in [1.29, 1.82) is 0 Å². The minimum absolute atomic E-state index is 0.133. The van der Waals surface area contributed by atoms with E-state index in [0.717, 1.165) is 15.8 Å². The summed E-state index contributed by atoms with van der Waals surface area (Å²) >= 11 is 7.51. The second-order valence-electron chi connectivity index (χ2n) is 8.33. The molecule has 8 nitrogen and oxygen atoms in total. The van der Waals surface area contributed by atoms with E-state index in [1.165, 1.54) is 16.2 Å². The Morgan fingerprint density at radius 1 is 1.00 bits per heavy atom. The highest BCUT2D eigenvalue weighted by atomic mass is 35.5. The van der Waals surface area contributed by atoms with Crippen molar-refractivity contribution in [3.63, 3.8) is 0 Å². The van der Waals surface area contributed by atoms with E-state index in [4.69, 9.17) is 16.3 Å². The lowest BCUT2D eigenvalue weighted by molar-refractivity contribution is -0.142. The van der Waals surface area contributed by atoms with Crippen LogP contribution in [0.1, 0.15) is 45.1 Å². The Balaban J connectivity index is 1.62. The smallest absolute Gasteiger partial charge is 0.326 e. The summed E-state index contributed by atoms with van der Waals surface area (Å²) in [7, 11) is 0. The number of esters is 1. The zero-order valence-corrected chi connectivity index (χ0v) is 22.4. The molecule has 0 spiro atoms. The molecule has 0 unspecified atom stereocenters. The third-order valence-electron chi connectivity index (χ3n) is 5.79. The SMILES string of the molecule is CCOC(=O)CN(C(=O)CNC(=O)c1cc2ccccc2[nH]1)c1sc(CC)cc1C(=O)c1ccccc1Cl. The van der Waals surface area contributed by atoms with Crippen LogP contribution in [0.3, 0.4) is 0 Å². The number of anilines is 1. The molecule has 2 heterocycles. The van der Waals surface area contributed by atoms with E-state index in [0.29, 0.717) is 17.1 Å². The summed E-state index contributed by atoms with van der Waals surface area (Å²) < 4.78 is 5.08. The first-order valence-corrected chi connectivity index (χ1v) is 13.3. The van der Waals surface area contributed by atoms with E-state index in [1.54, 1.807) is 43.3 Å². The summed E-state index contributed by atoms with van der Waals surface area (Å²) in [6.45, 7) is 2.91. The molecular weight excluding hydrogens is 526 g/mol. The number of benzene rings is 2. The van der Waals surface area contributed by atoms with Gasteiger partial charge in [-0.25, -0.2) is 0 Å². The van der Waals surface area contributed by atoms with E-state index in [1.807, 2.05) is 31.2 Å². The monoisotopic (exact) mass is 551 g/mol. The largest absolute Gasteiger partial charge is 0.465 e. The number of carbonyl (C=O) groups excluding carboxylic acids is 4. The molecule has 0 saturated carbocycles. The first-order chi connectivity index (χ1) is 18.3. The Morgan fingerprint density at radius 2 is 1.74 bits per heavy atom. The maximum atomic E-state index is 13.5. The topological polar surface area (TPSA) is 109 Å². The predicted molar refractivity (Wildman–Crippen MR) is 148 cm³/mol. The molecule has 0 radical (unpaired) electrons. The van der Waals surface area contributed by atoms with Gasteiger partial charge >= 0.3 is 5.97 Å². The fourth-order valence-electron chi connectivity index (χ4n) is 3.91. The Hall–Kier alpha value is -3.95. The van der Waals surface area contributed by atoms with Crippen LogP contribution in [0.4, 0.5) is 5.00 Å². The maximum Gasteiger partial charge on any atom is 0.326 e. The number of hydrogen-bond donors (Lipinski definition) is 2. The number of rotatable bonds is 10. The molecule has 0 fully saturated rings. The molecule has 4 rings (SSSR count). The second-order valence-corrected chi connectivity index (χ2v) is 9.85. The average Bonchev–Trinajstić information content (AvgIpc) is 3.55. The average molecular weight is 552 g/mol. The highest BCUT2D eigenvalue weighted by Crippen LogP contribution is 2.35. The maximum absolute atomic E-state index is 13.5. The number of fused-ring (bicyclic) bond motifs is 1. The van der Waals surface area contributed by atoms with Crippen LogP contribution in [-0.4, -0.2) is 48.2 Å². The van der Waals surface area contributed by atoms with Gasteiger partial charge in [0.1, 0.15) is 17.2 Å². The van der Waals surface area contributed by atoms with E-state index >= 15 is 0 Å². The van der Waals surface area contributed by atoms with E-state index < -0.39 is 30.9 Å². The number of aromatic nitrogens is 1. The van der Waals surface area contributed by atoms with Crippen LogP contribution in [0.25, 0.3) is 10.9 Å². The lowest BCUT2D eigenvalue weighted by atomic mass is 10.0. The molecule has 196 valence electrons. The lowest BCUT2D eigenvalue weighted by Crippen LogP contribution is -2.43. The highest BCUT2D eigenvalue weighted by molar-refractivity contribution is 7.16. The number of aromatic amines is 1. The van der Waals surface area contributed by atoms with Gasteiger partial charge in [-0.15, -0.1) is 11.3 Å². The van der Waals surface area contributed by atoms with Crippen LogP contribution in [-0.2, 0) is 20.7 Å². The molecule has 2 N–H and O–H groups in total. The number of H-pyrrole nitrogens is 1. The van der Waals surface area contributed by atoms with Gasteiger partial charge in [0.25, 0.3) is 5.91 Å². The number of para-hydroxylation sites is 1. The van der Waals surface area contributed by atoms with Crippen molar-refractivity contribution in [3.8, 4) is 0 Å².